The number of carboxylic acid groups (broad SMARTS) is 1. The van der Waals surface area contributed by atoms with Crippen molar-refractivity contribution in [1.82, 2.24) is 0 Å². The second kappa shape index (κ2) is 5.10. The molecule has 0 saturated heterocycles. The van der Waals surface area contributed by atoms with Gasteiger partial charge in [-0.3, -0.25) is 0 Å². The molecule has 0 aliphatic heterocycles. The van der Waals surface area contributed by atoms with Gasteiger partial charge in [0, 0.05) is 4.90 Å². The van der Waals surface area contributed by atoms with Crippen LogP contribution >= 0.6 is 11.8 Å². The Labute approximate surface area is 103 Å². The van der Waals surface area contributed by atoms with E-state index in [-0.39, 0.29) is 5.76 Å². The number of hydrogen-bond donors (Lipinski definition) is 1. The summed E-state index contributed by atoms with van der Waals surface area (Å²) in [6.45, 7) is 2.10. The molecule has 2 aromatic rings. The third-order valence-corrected chi connectivity index (χ3v) is 3.27. The standard InChI is InChI=1S/C13H12O3S/c1-2-9-3-5-10(6-4-9)17-12-8-7-11(16-12)13(14)15/h3-8H,2H2,1H3,(H,14,15). The third-order valence-electron chi connectivity index (χ3n) is 2.34. The molecule has 2 rings (SSSR count). The molecule has 3 nitrogen and oxygen atoms in total. The lowest BCUT2D eigenvalue weighted by Gasteiger charge is -1.99. The maximum absolute atomic E-state index is 10.6. The molecule has 1 aromatic heterocycles. The van der Waals surface area contributed by atoms with Crippen molar-refractivity contribution in [3.63, 3.8) is 0 Å². The van der Waals surface area contributed by atoms with Crippen LogP contribution in [0.1, 0.15) is 23.0 Å². The lowest BCUT2D eigenvalue weighted by molar-refractivity contribution is 0.0656. The van der Waals surface area contributed by atoms with Gasteiger partial charge in [-0.2, -0.15) is 0 Å². The Morgan fingerprint density at radius 1 is 1.24 bits per heavy atom. The van der Waals surface area contributed by atoms with Crippen LogP contribution < -0.4 is 0 Å². The molecule has 1 N–H and O–H groups in total. The summed E-state index contributed by atoms with van der Waals surface area (Å²) in [5.74, 6) is -1.07. The molecule has 0 fully saturated rings. The fourth-order valence-corrected chi connectivity index (χ4v) is 2.17. The molecule has 17 heavy (non-hydrogen) atoms. The molecule has 0 amide bonds. The van der Waals surface area contributed by atoms with Crippen LogP contribution in [0.25, 0.3) is 0 Å². The number of rotatable bonds is 4. The van der Waals surface area contributed by atoms with Crippen molar-refractivity contribution in [2.24, 2.45) is 0 Å². The first kappa shape index (κ1) is 11.8. The maximum atomic E-state index is 10.6. The molecule has 0 saturated carbocycles. The minimum Gasteiger partial charge on any atom is -0.475 e. The molecule has 0 atom stereocenters. The first-order valence-electron chi connectivity index (χ1n) is 5.29. The van der Waals surface area contributed by atoms with Crippen LogP contribution in [-0.4, -0.2) is 11.1 Å². The smallest absolute Gasteiger partial charge is 0.371 e. The number of benzene rings is 1. The molecule has 1 aromatic carbocycles. The fourth-order valence-electron chi connectivity index (χ4n) is 1.40. The van der Waals surface area contributed by atoms with Crippen LogP contribution in [0.15, 0.2) is 50.8 Å². The zero-order valence-corrected chi connectivity index (χ0v) is 10.2. The zero-order valence-electron chi connectivity index (χ0n) is 9.34. The summed E-state index contributed by atoms with van der Waals surface area (Å²) < 4.78 is 5.17. The van der Waals surface area contributed by atoms with Crippen molar-refractivity contribution in [2.45, 2.75) is 23.3 Å². The van der Waals surface area contributed by atoms with E-state index >= 15 is 0 Å². The topological polar surface area (TPSA) is 50.4 Å². The SMILES string of the molecule is CCc1ccc(Sc2ccc(C(=O)O)o2)cc1. The molecule has 88 valence electrons. The van der Waals surface area contributed by atoms with E-state index in [0.717, 1.165) is 11.3 Å². The number of furan rings is 1. The quantitative estimate of drug-likeness (QED) is 0.896. The van der Waals surface area contributed by atoms with E-state index < -0.39 is 5.97 Å². The molecule has 0 aliphatic rings. The largest absolute Gasteiger partial charge is 0.475 e. The Hall–Kier alpha value is -1.68. The van der Waals surface area contributed by atoms with Crippen LogP contribution in [0, 0.1) is 0 Å². The number of hydrogen-bond acceptors (Lipinski definition) is 3. The Morgan fingerprint density at radius 2 is 1.94 bits per heavy atom. The van der Waals surface area contributed by atoms with Crippen molar-refractivity contribution in [1.29, 1.82) is 0 Å². The van der Waals surface area contributed by atoms with Gasteiger partial charge in [0.1, 0.15) is 0 Å². The van der Waals surface area contributed by atoms with Gasteiger partial charge in [-0.15, -0.1) is 0 Å². The summed E-state index contributed by atoms with van der Waals surface area (Å²) in [5.41, 5.74) is 1.28. The van der Waals surface area contributed by atoms with E-state index in [2.05, 4.69) is 19.1 Å². The van der Waals surface area contributed by atoms with E-state index in [1.165, 1.54) is 23.4 Å². The number of carboxylic acids is 1. The van der Waals surface area contributed by atoms with Gasteiger partial charge < -0.3 is 9.52 Å². The predicted molar refractivity (Wildman–Crippen MR) is 65.6 cm³/mol. The van der Waals surface area contributed by atoms with Crippen molar-refractivity contribution in [3.05, 3.63) is 47.7 Å². The van der Waals surface area contributed by atoms with E-state index in [4.69, 9.17) is 9.52 Å². The molecular formula is C13H12O3S. The first-order valence-corrected chi connectivity index (χ1v) is 6.10. The summed E-state index contributed by atoms with van der Waals surface area (Å²) in [6.07, 6.45) is 1.01. The Morgan fingerprint density at radius 3 is 2.47 bits per heavy atom. The summed E-state index contributed by atoms with van der Waals surface area (Å²) in [6, 6.07) is 11.3. The van der Waals surface area contributed by atoms with Gasteiger partial charge in [0.05, 0.1) is 0 Å². The molecule has 0 unspecified atom stereocenters. The van der Waals surface area contributed by atoms with Crippen molar-refractivity contribution < 1.29 is 14.3 Å². The highest BCUT2D eigenvalue weighted by Crippen LogP contribution is 2.29. The summed E-state index contributed by atoms with van der Waals surface area (Å²) in [4.78, 5) is 11.7. The highest BCUT2D eigenvalue weighted by molar-refractivity contribution is 7.99. The number of carbonyl (C=O) groups is 1. The lowest BCUT2D eigenvalue weighted by Crippen LogP contribution is -1.91. The second-order valence-electron chi connectivity index (χ2n) is 3.52. The Kier molecular flexibility index (Phi) is 3.54. The van der Waals surface area contributed by atoms with E-state index in [1.807, 2.05) is 12.1 Å². The highest BCUT2D eigenvalue weighted by atomic mass is 32.2. The normalized spacial score (nSPS) is 10.4. The maximum Gasteiger partial charge on any atom is 0.371 e. The predicted octanol–water partition coefficient (Wildman–Crippen LogP) is 3.69. The van der Waals surface area contributed by atoms with Gasteiger partial charge >= 0.3 is 5.97 Å². The lowest BCUT2D eigenvalue weighted by atomic mass is 10.2. The number of aromatic carboxylic acids is 1. The van der Waals surface area contributed by atoms with Crippen molar-refractivity contribution >= 4 is 17.7 Å². The molecule has 0 aliphatic carbocycles. The van der Waals surface area contributed by atoms with E-state index in [1.54, 1.807) is 6.07 Å². The van der Waals surface area contributed by atoms with Crippen molar-refractivity contribution in [3.8, 4) is 0 Å². The van der Waals surface area contributed by atoms with Gasteiger partial charge in [-0.05, 0) is 36.2 Å². The van der Waals surface area contributed by atoms with Crippen molar-refractivity contribution in [2.75, 3.05) is 0 Å². The second-order valence-corrected chi connectivity index (χ2v) is 4.60. The summed E-state index contributed by atoms with van der Waals surface area (Å²) in [7, 11) is 0. The van der Waals surface area contributed by atoms with Gasteiger partial charge in [-0.25, -0.2) is 4.79 Å². The first-order chi connectivity index (χ1) is 8.19. The van der Waals surface area contributed by atoms with Crippen LogP contribution in [0.2, 0.25) is 0 Å². The molecule has 0 spiro atoms. The molecular weight excluding hydrogens is 236 g/mol. The van der Waals surface area contributed by atoms with Gasteiger partial charge in [-0.1, -0.05) is 30.8 Å². The summed E-state index contributed by atoms with van der Waals surface area (Å²) in [5, 5.41) is 9.32. The Balaban J connectivity index is 2.11. The molecule has 0 bridgehead atoms. The van der Waals surface area contributed by atoms with Crippen LogP contribution in [-0.2, 0) is 6.42 Å². The van der Waals surface area contributed by atoms with Gasteiger partial charge in [0.25, 0.3) is 0 Å². The summed E-state index contributed by atoms with van der Waals surface area (Å²) >= 11 is 1.42. The van der Waals surface area contributed by atoms with Crippen LogP contribution in [0.3, 0.4) is 0 Å². The Bertz CT molecular complexity index is 514. The zero-order chi connectivity index (χ0) is 12.3. The fraction of sp³-hybridized carbons (Fsp3) is 0.154. The van der Waals surface area contributed by atoms with Gasteiger partial charge in [0.15, 0.2) is 5.09 Å². The van der Waals surface area contributed by atoms with E-state index in [0.29, 0.717) is 5.09 Å². The molecule has 1 heterocycles. The van der Waals surface area contributed by atoms with Crippen LogP contribution in [0.5, 0.6) is 0 Å². The average molecular weight is 248 g/mol. The molecule has 0 radical (unpaired) electrons. The minimum absolute atomic E-state index is 0.0299. The van der Waals surface area contributed by atoms with E-state index in [9.17, 15) is 4.79 Å². The van der Waals surface area contributed by atoms with Gasteiger partial charge in [0.2, 0.25) is 5.76 Å². The average Bonchev–Trinajstić information content (AvgIpc) is 2.79. The number of aryl methyl sites for hydroxylation is 1. The minimum atomic E-state index is -1.04. The molecule has 4 heteroatoms. The van der Waals surface area contributed by atoms with Crippen LogP contribution in [0.4, 0.5) is 0 Å². The third kappa shape index (κ3) is 2.91. The highest BCUT2D eigenvalue weighted by Gasteiger charge is 2.09. The monoisotopic (exact) mass is 248 g/mol.